The smallest absolute Gasteiger partial charge is 0.307 e. The van der Waals surface area contributed by atoms with Gasteiger partial charge in [0.1, 0.15) is 17.3 Å². The fourth-order valence-corrected chi connectivity index (χ4v) is 2.01. The Labute approximate surface area is 115 Å². The van der Waals surface area contributed by atoms with Crippen LogP contribution in [-0.4, -0.2) is 16.7 Å². The Morgan fingerprint density at radius 3 is 2.50 bits per heavy atom. The lowest BCUT2D eigenvalue weighted by Gasteiger charge is -2.45. The van der Waals surface area contributed by atoms with Gasteiger partial charge in [-0.05, 0) is 19.1 Å². The SMILES string of the molecule is CC1(C)C=C(Oc2cc(F)ccc2CC(=O)O)[C@@]1(C)F. The molecule has 0 saturated carbocycles. The second kappa shape index (κ2) is 4.58. The first kappa shape index (κ1) is 14.5. The monoisotopic (exact) mass is 282 g/mol. The topological polar surface area (TPSA) is 46.5 Å². The highest BCUT2D eigenvalue weighted by molar-refractivity contribution is 5.71. The van der Waals surface area contributed by atoms with Crippen LogP contribution in [0.2, 0.25) is 0 Å². The first-order chi connectivity index (χ1) is 9.13. The van der Waals surface area contributed by atoms with E-state index in [-0.39, 0.29) is 17.9 Å². The number of carboxylic acid groups (broad SMARTS) is 1. The fraction of sp³-hybridized carbons (Fsp3) is 0.400. The van der Waals surface area contributed by atoms with Crippen LogP contribution in [0.5, 0.6) is 5.75 Å². The fourth-order valence-electron chi connectivity index (χ4n) is 2.01. The number of aliphatic carboxylic acids is 1. The van der Waals surface area contributed by atoms with Crippen molar-refractivity contribution in [2.75, 3.05) is 0 Å². The second-order valence-electron chi connectivity index (χ2n) is 5.66. The van der Waals surface area contributed by atoms with E-state index in [1.807, 2.05) is 0 Å². The van der Waals surface area contributed by atoms with E-state index in [9.17, 15) is 13.6 Å². The molecule has 1 aliphatic carbocycles. The minimum absolute atomic E-state index is 0.0398. The number of carbonyl (C=O) groups is 1. The van der Waals surface area contributed by atoms with Crippen LogP contribution in [0, 0.1) is 11.2 Å². The molecule has 3 nitrogen and oxygen atoms in total. The molecule has 0 aromatic heterocycles. The van der Waals surface area contributed by atoms with Crippen LogP contribution in [-0.2, 0) is 11.2 Å². The molecule has 0 radical (unpaired) electrons. The van der Waals surface area contributed by atoms with Gasteiger partial charge in [-0.25, -0.2) is 8.78 Å². The normalized spacial score (nSPS) is 23.8. The zero-order valence-corrected chi connectivity index (χ0v) is 11.5. The van der Waals surface area contributed by atoms with E-state index in [1.165, 1.54) is 13.0 Å². The van der Waals surface area contributed by atoms with Crippen molar-refractivity contribution in [2.24, 2.45) is 5.41 Å². The highest BCUT2D eigenvalue weighted by Crippen LogP contribution is 2.51. The van der Waals surface area contributed by atoms with Crippen LogP contribution in [0.3, 0.4) is 0 Å². The average Bonchev–Trinajstić information content (AvgIpc) is 2.31. The Morgan fingerprint density at radius 2 is 2.00 bits per heavy atom. The molecule has 0 aliphatic heterocycles. The molecule has 20 heavy (non-hydrogen) atoms. The van der Waals surface area contributed by atoms with E-state index in [0.29, 0.717) is 5.56 Å². The molecule has 1 aromatic rings. The van der Waals surface area contributed by atoms with E-state index in [2.05, 4.69) is 0 Å². The number of halogens is 2. The molecule has 0 fully saturated rings. The van der Waals surface area contributed by atoms with Gasteiger partial charge in [0.25, 0.3) is 0 Å². The van der Waals surface area contributed by atoms with Gasteiger partial charge in [-0.3, -0.25) is 4.79 Å². The summed E-state index contributed by atoms with van der Waals surface area (Å²) in [6, 6.07) is 3.55. The predicted octanol–water partition coefficient (Wildman–Crippen LogP) is 3.48. The first-order valence-corrected chi connectivity index (χ1v) is 6.24. The number of rotatable bonds is 4. The summed E-state index contributed by atoms with van der Waals surface area (Å²) in [7, 11) is 0. The minimum atomic E-state index is -1.67. The highest BCUT2D eigenvalue weighted by Gasteiger charge is 2.53. The molecule has 0 saturated heterocycles. The van der Waals surface area contributed by atoms with E-state index < -0.39 is 22.9 Å². The molecule has 0 heterocycles. The summed E-state index contributed by atoms with van der Waals surface area (Å²) in [5.41, 5.74) is -2.03. The largest absolute Gasteiger partial charge is 0.481 e. The summed E-state index contributed by atoms with van der Waals surface area (Å²) in [6.45, 7) is 4.84. The average molecular weight is 282 g/mol. The van der Waals surface area contributed by atoms with Gasteiger partial charge < -0.3 is 9.84 Å². The van der Waals surface area contributed by atoms with Gasteiger partial charge in [-0.15, -0.1) is 0 Å². The summed E-state index contributed by atoms with van der Waals surface area (Å²) < 4.78 is 33.1. The lowest BCUT2D eigenvalue weighted by Crippen LogP contribution is -2.48. The molecule has 0 spiro atoms. The first-order valence-electron chi connectivity index (χ1n) is 6.24. The number of alkyl halides is 1. The summed E-state index contributed by atoms with van der Waals surface area (Å²) in [4.78, 5) is 10.8. The maximum Gasteiger partial charge on any atom is 0.307 e. The molecule has 5 heteroatoms. The number of ether oxygens (including phenoxy) is 1. The minimum Gasteiger partial charge on any atom is -0.481 e. The van der Waals surface area contributed by atoms with Crippen LogP contribution in [0.1, 0.15) is 26.3 Å². The van der Waals surface area contributed by atoms with Gasteiger partial charge in [0, 0.05) is 17.0 Å². The van der Waals surface area contributed by atoms with Crippen LogP contribution in [0.4, 0.5) is 8.78 Å². The number of hydrogen-bond acceptors (Lipinski definition) is 2. The van der Waals surface area contributed by atoms with Crippen molar-refractivity contribution >= 4 is 5.97 Å². The van der Waals surface area contributed by atoms with Crippen molar-refractivity contribution in [1.29, 1.82) is 0 Å². The Morgan fingerprint density at radius 1 is 1.35 bits per heavy atom. The lowest BCUT2D eigenvalue weighted by atomic mass is 9.67. The number of allylic oxidation sites excluding steroid dienone is 2. The Kier molecular flexibility index (Phi) is 3.32. The standard InChI is InChI=1S/C15H16F2O3/c1-14(2)8-12(15(14,3)17)20-11-7-10(16)5-4-9(11)6-13(18)19/h4-5,7-8H,6H2,1-3H3,(H,18,19)/t15-/m1/s1. The van der Waals surface area contributed by atoms with E-state index in [4.69, 9.17) is 9.84 Å². The van der Waals surface area contributed by atoms with E-state index >= 15 is 0 Å². The zero-order valence-electron chi connectivity index (χ0n) is 11.5. The van der Waals surface area contributed by atoms with Crippen molar-refractivity contribution in [3.63, 3.8) is 0 Å². The summed E-state index contributed by atoms with van der Waals surface area (Å²) >= 11 is 0. The molecule has 1 N–H and O–H groups in total. The molecular formula is C15H16F2O3. The van der Waals surface area contributed by atoms with Crippen molar-refractivity contribution in [2.45, 2.75) is 32.9 Å². The van der Waals surface area contributed by atoms with Crippen LogP contribution < -0.4 is 4.74 Å². The van der Waals surface area contributed by atoms with Crippen molar-refractivity contribution < 1.29 is 23.4 Å². The van der Waals surface area contributed by atoms with Crippen molar-refractivity contribution in [1.82, 2.24) is 0 Å². The Balaban J connectivity index is 2.31. The lowest BCUT2D eigenvalue weighted by molar-refractivity contribution is -0.136. The third-order valence-corrected chi connectivity index (χ3v) is 3.76. The molecule has 1 atom stereocenters. The molecule has 0 bridgehead atoms. The third kappa shape index (κ3) is 2.40. The van der Waals surface area contributed by atoms with Crippen molar-refractivity contribution in [3.05, 3.63) is 41.4 Å². The molecule has 0 unspecified atom stereocenters. The Hall–Kier alpha value is -1.91. The van der Waals surface area contributed by atoms with Gasteiger partial charge in [-0.2, -0.15) is 0 Å². The summed E-state index contributed by atoms with van der Waals surface area (Å²) in [6.07, 6.45) is 1.30. The molecular weight excluding hydrogens is 266 g/mol. The van der Waals surface area contributed by atoms with Crippen LogP contribution >= 0.6 is 0 Å². The second-order valence-corrected chi connectivity index (χ2v) is 5.66. The molecule has 1 aliphatic rings. The van der Waals surface area contributed by atoms with Gasteiger partial charge in [0.15, 0.2) is 5.67 Å². The highest BCUT2D eigenvalue weighted by atomic mass is 19.1. The van der Waals surface area contributed by atoms with Gasteiger partial charge in [0.2, 0.25) is 0 Å². The van der Waals surface area contributed by atoms with Gasteiger partial charge in [0.05, 0.1) is 6.42 Å². The summed E-state index contributed by atoms with van der Waals surface area (Å²) in [5.74, 6) is -1.50. The molecule has 1 aromatic carbocycles. The predicted molar refractivity (Wildman–Crippen MR) is 69.7 cm³/mol. The number of carboxylic acids is 1. The molecule has 108 valence electrons. The number of benzene rings is 1. The van der Waals surface area contributed by atoms with Gasteiger partial charge in [-0.1, -0.05) is 19.9 Å². The quantitative estimate of drug-likeness (QED) is 0.919. The third-order valence-electron chi connectivity index (χ3n) is 3.76. The Bertz CT molecular complexity index is 589. The van der Waals surface area contributed by atoms with E-state index in [0.717, 1.165) is 12.1 Å². The van der Waals surface area contributed by atoms with E-state index in [1.54, 1.807) is 19.9 Å². The number of hydrogen-bond donors (Lipinski definition) is 1. The zero-order chi connectivity index (χ0) is 15.1. The van der Waals surface area contributed by atoms with Crippen LogP contribution in [0.25, 0.3) is 0 Å². The molecule has 2 rings (SSSR count). The van der Waals surface area contributed by atoms with Gasteiger partial charge >= 0.3 is 5.97 Å². The maximum atomic E-state index is 14.4. The molecule has 0 amide bonds. The maximum absolute atomic E-state index is 14.4. The van der Waals surface area contributed by atoms with Crippen LogP contribution in [0.15, 0.2) is 30.0 Å². The van der Waals surface area contributed by atoms with Crippen molar-refractivity contribution in [3.8, 4) is 5.75 Å². The summed E-state index contributed by atoms with van der Waals surface area (Å²) in [5, 5.41) is 8.81.